The molecule has 1 saturated heterocycles. The van der Waals surface area contributed by atoms with Gasteiger partial charge in [0.1, 0.15) is 0 Å². The molecule has 0 radical (unpaired) electrons. The number of nitrogens with one attached hydrogen (secondary N) is 1. The minimum atomic E-state index is -0.831. The second-order valence-electron chi connectivity index (χ2n) is 4.87. The summed E-state index contributed by atoms with van der Waals surface area (Å²) in [6.07, 6.45) is 1.37. The minimum absolute atomic E-state index is 0.218. The van der Waals surface area contributed by atoms with Crippen LogP contribution >= 0.6 is 0 Å². The number of carboxylic acids is 1. The fraction of sp³-hybridized carbons (Fsp3) is 0.692. The van der Waals surface area contributed by atoms with Gasteiger partial charge in [-0.2, -0.15) is 0 Å². The van der Waals surface area contributed by atoms with Crippen molar-refractivity contribution >= 4 is 12.0 Å². The van der Waals surface area contributed by atoms with E-state index >= 15 is 0 Å². The first-order valence-corrected chi connectivity index (χ1v) is 6.48. The van der Waals surface area contributed by atoms with Crippen molar-refractivity contribution in [3.05, 3.63) is 12.2 Å². The van der Waals surface area contributed by atoms with Gasteiger partial charge in [0.25, 0.3) is 0 Å². The molecule has 1 atom stereocenters. The maximum atomic E-state index is 11.8. The molecule has 19 heavy (non-hydrogen) atoms. The number of carbonyl (C=O) groups excluding carboxylic acids is 1. The molecule has 108 valence electrons. The Kier molecular flexibility index (Phi) is 6.35. The van der Waals surface area contributed by atoms with Crippen LogP contribution in [0.2, 0.25) is 0 Å². The summed E-state index contributed by atoms with van der Waals surface area (Å²) in [6, 6.07) is -0.218. The standard InChI is InChI=1S/C13H22N2O4/c1-10(2)9-19-7-5-14-13(18)15-6-3-4-11(8-15)12(16)17/h11H,1,3-9H2,2H3,(H,14,18)(H,16,17)/t11-/m0/s1. The van der Waals surface area contributed by atoms with Crippen molar-refractivity contribution in [2.75, 3.05) is 32.8 Å². The summed E-state index contributed by atoms with van der Waals surface area (Å²) in [5.74, 6) is -1.28. The van der Waals surface area contributed by atoms with Crippen LogP contribution in [-0.2, 0) is 9.53 Å². The Balaban J connectivity index is 2.21. The van der Waals surface area contributed by atoms with Gasteiger partial charge in [-0.3, -0.25) is 4.79 Å². The largest absolute Gasteiger partial charge is 0.481 e. The summed E-state index contributed by atoms with van der Waals surface area (Å²) in [4.78, 5) is 24.3. The lowest BCUT2D eigenvalue weighted by Gasteiger charge is -2.30. The summed E-state index contributed by atoms with van der Waals surface area (Å²) in [5, 5.41) is 11.7. The average Bonchev–Trinajstić information content (AvgIpc) is 2.37. The summed E-state index contributed by atoms with van der Waals surface area (Å²) in [6.45, 7) is 7.81. The highest BCUT2D eigenvalue weighted by molar-refractivity contribution is 5.76. The highest BCUT2D eigenvalue weighted by Crippen LogP contribution is 2.16. The van der Waals surface area contributed by atoms with Gasteiger partial charge < -0.3 is 20.1 Å². The van der Waals surface area contributed by atoms with Gasteiger partial charge in [0, 0.05) is 19.6 Å². The zero-order valence-electron chi connectivity index (χ0n) is 11.4. The van der Waals surface area contributed by atoms with Crippen molar-refractivity contribution < 1.29 is 19.4 Å². The van der Waals surface area contributed by atoms with Gasteiger partial charge in [0.15, 0.2) is 0 Å². The molecule has 1 aliphatic rings. The minimum Gasteiger partial charge on any atom is -0.481 e. The average molecular weight is 270 g/mol. The van der Waals surface area contributed by atoms with Crippen molar-refractivity contribution in [1.82, 2.24) is 10.2 Å². The van der Waals surface area contributed by atoms with Crippen molar-refractivity contribution in [2.45, 2.75) is 19.8 Å². The maximum absolute atomic E-state index is 11.8. The Morgan fingerprint density at radius 2 is 2.26 bits per heavy atom. The van der Waals surface area contributed by atoms with E-state index in [1.807, 2.05) is 6.92 Å². The molecule has 0 unspecified atom stereocenters. The molecule has 0 spiro atoms. The van der Waals surface area contributed by atoms with Crippen LogP contribution in [0.5, 0.6) is 0 Å². The highest BCUT2D eigenvalue weighted by Gasteiger charge is 2.27. The zero-order chi connectivity index (χ0) is 14.3. The Labute approximate surface area is 113 Å². The molecular formula is C13H22N2O4. The molecule has 0 aromatic heterocycles. The fourth-order valence-electron chi connectivity index (χ4n) is 1.95. The van der Waals surface area contributed by atoms with Crippen LogP contribution in [-0.4, -0.2) is 54.9 Å². The molecule has 6 heteroatoms. The van der Waals surface area contributed by atoms with Gasteiger partial charge >= 0.3 is 12.0 Å². The molecule has 2 amide bonds. The number of aliphatic carboxylic acids is 1. The lowest BCUT2D eigenvalue weighted by molar-refractivity contribution is -0.143. The summed E-state index contributed by atoms with van der Waals surface area (Å²) in [7, 11) is 0. The van der Waals surface area contributed by atoms with Crippen LogP contribution < -0.4 is 5.32 Å². The number of piperidine rings is 1. The van der Waals surface area contributed by atoms with Gasteiger partial charge in [-0.15, -0.1) is 0 Å². The molecule has 0 saturated carbocycles. The summed E-state index contributed by atoms with van der Waals surface area (Å²) in [5.41, 5.74) is 0.937. The number of rotatable bonds is 6. The number of amides is 2. The number of nitrogens with zero attached hydrogens (tertiary/aromatic N) is 1. The van der Waals surface area contributed by atoms with E-state index in [9.17, 15) is 9.59 Å². The predicted molar refractivity (Wildman–Crippen MR) is 71.0 cm³/mol. The molecule has 0 aliphatic carbocycles. The van der Waals surface area contributed by atoms with Crippen LogP contribution in [0.15, 0.2) is 12.2 Å². The number of carboxylic acid groups (broad SMARTS) is 1. The van der Waals surface area contributed by atoms with E-state index in [-0.39, 0.29) is 12.6 Å². The van der Waals surface area contributed by atoms with E-state index in [0.29, 0.717) is 32.7 Å². The summed E-state index contributed by atoms with van der Waals surface area (Å²) < 4.78 is 5.27. The molecule has 6 nitrogen and oxygen atoms in total. The normalized spacial score (nSPS) is 19.0. The van der Waals surface area contributed by atoms with E-state index in [0.717, 1.165) is 12.0 Å². The highest BCUT2D eigenvalue weighted by atomic mass is 16.5. The number of hydrogen-bond donors (Lipinski definition) is 2. The monoisotopic (exact) mass is 270 g/mol. The van der Waals surface area contributed by atoms with Crippen molar-refractivity contribution in [3.63, 3.8) is 0 Å². The van der Waals surface area contributed by atoms with Gasteiger partial charge in [-0.25, -0.2) is 4.79 Å². The number of ether oxygens (including phenoxy) is 1. The molecule has 1 aliphatic heterocycles. The lowest BCUT2D eigenvalue weighted by atomic mass is 9.99. The number of carbonyl (C=O) groups is 2. The molecule has 0 aromatic rings. The first-order chi connectivity index (χ1) is 9.00. The number of hydrogen-bond acceptors (Lipinski definition) is 3. The second-order valence-corrected chi connectivity index (χ2v) is 4.87. The number of urea groups is 1. The van der Waals surface area contributed by atoms with Crippen molar-refractivity contribution in [3.8, 4) is 0 Å². The van der Waals surface area contributed by atoms with Gasteiger partial charge in [-0.1, -0.05) is 12.2 Å². The van der Waals surface area contributed by atoms with Gasteiger partial charge in [0.05, 0.1) is 19.1 Å². The zero-order valence-corrected chi connectivity index (χ0v) is 11.4. The SMILES string of the molecule is C=C(C)COCCNC(=O)N1CCC[C@H](C(=O)O)C1. The molecular weight excluding hydrogens is 248 g/mol. The van der Waals surface area contributed by atoms with Crippen molar-refractivity contribution in [2.24, 2.45) is 5.92 Å². The molecule has 1 rings (SSSR count). The smallest absolute Gasteiger partial charge is 0.317 e. The third kappa shape index (κ3) is 5.74. The molecule has 1 fully saturated rings. The molecule has 1 heterocycles. The maximum Gasteiger partial charge on any atom is 0.317 e. The second kappa shape index (κ2) is 7.78. The first kappa shape index (κ1) is 15.5. The van der Waals surface area contributed by atoms with Gasteiger partial charge in [-0.05, 0) is 19.8 Å². The van der Waals surface area contributed by atoms with E-state index in [1.165, 1.54) is 0 Å². The molecule has 0 bridgehead atoms. The Hall–Kier alpha value is -1.56. The fourth-order valence-corrected chi connectivity index (χ4v) is 1.95. The van der Waals surface area contributed by atoms with Crippen LogP contribution in [0.4, 0.5) is 4.79 Å². The van der Waals surface area contributed by atoms with Crippen LogP contribution in [0, 0.1) is 5.92 Å². The predicted octanol–water partition coefficient (Wildman–Crippen LogP) is 1.09. The third-order valence-electron chi connectivity index (χ3n) is 2.93. The van der Waals surface area contributed by atoms with E-state index in [2.05, 4.69) is 11.9 Å². The Morgan fingerprint density at radius 1 is 1.53 bits per heavy atom. The van der Waals surface area contributed by atoms with E-state index in [1.54, 1.807) is 4.90 Å². The molecule has 2 N–H and O–H groups in total. The van der Waals surface area contributed by atoms with Crippen LogP contribution in [0.3, 0.4) is 0 Å². The number of likely N-dealkylation sites (tertiary alicyclic amines) is 1. The third-order valence-corrected chi connectivity index (χ3v) is 2.93. The van der Waals surface area contributed by atoms with Crippen molar-refractivity contribution in [1.29, 1.82) is 0 Å². The Morgan fingerprint density at radius 3 is 2.89 bits per heavy atom. The van der Waals surface area contributed by atoms with Crippen LogP contribution in [0.1, 0.15) is 19.8 Å². The topological polar surface area (TPSA) is 78.9 Å². The Bertz CT molecular complexity index is 344. The first-order valence-electron chi connectivity index (χ1n) is 6.48. The van der Waals surface area contributed by atoms with Gasteiger partial charge in [0.2, 0.25) is 0 Å². The molecule has 0 aromatic carbocycles. The van der Waals surface area contributed by atoms with E-state index in [4.69, 9.17) is 9.84 Å². The van der Waals surface area contributed by atoms with E-state index < -0.39 is 11.9 Å². The van der Waals surface area contributed by atoms with Crippen LogP contribution in [0.25, 0.3) is 0 Å². The lowest BCUT2D eigenvalue weighted by Crippen LogP contribution is -2.47. The quantitative estimate of drug-likeness (QED) is 0.559. The summed E-state index contributed by atoms with van der Waals surface area (Å²) >= 11 is 0.